The van der Waals surface area contributed by atoms with Crippen LogP contribution in [-0.2, 0) is 16.0 Å². The molecule has 34 heavy (non-hydrogen) atoms. The van der Waals surface area contributed by atoms with Crippen molar-refractivity contribution in [2.24, 2.45) is 10.9 Å². The van der Waals surface area contributed by atoms with Crippen molar-refractivity contribution in [2.75, 3.05) is 25.5 Å². The van der Waals surface area contributed by atoms with Gasteiger partial charge in [0.25, 0.3) is 5.91 Å². The molecule has 3 aliphatic heterocycles. The largest absolute Gasteiger partial charge is 0.491 e. The Morgan fingerprint density at radius 1 is 1.44 bits per heavy atom. The van der Waals surface area contributed by atoms with Gasteiger partial charge in [-0.1, -0.05) is 20.1 Å². The van der Waals surface area contributed by atoms with Gasteiger partial charge in [0.15, 0.2) is 0 Å². The molecule has 0 spiro atoms. The number of amides is 2. The SMILES string of the molecule is C.C=C/C(C(=O)Nc1cc2c(cc1OCC1CCNC(=O)C1)OC(C)(C)C2)=C1/N=CC=CN1C. The van der Waals surface area contributed by atoms with Crippen LogP contribution in [0, 0.1) is 5.92 Å². The van der Waals surface area contributed by atoms with Gasteiger partial charge in [-0.3, -0.25) is 9.59 Å². The third-order valence-electron chi connectivity index (χ3n) is 5.85. The summed E-state index contributed by atoms with van der Waals surface area (Å²) in [5, 5.41) is 5.82. The summed E-state index contributed by atoms with van der Waals surface area (Å²) in [6, 6.07) is 3.74. The topological polar surface area (TPSA) is 92.3 Å². The second-order valence-electron chi connectivity index (χ2n) is 9.14. The molecule has 8 heteroatoms. The second-order valence-corrected chi connectivity index (χ2v) is 9.14. The number of allylic oxidation sites excluding steroid dienone is 1. The molecular weight excluding hydrogens is 432 g/mol. The minimum atomic E-state index is -0.334. The van der Waals surface area contributed by atoms with E-state index in [9.17, 15) is 9.59 Å². The van der Waals surface area contributed by atoms with E-state index in [2.05, 4.69) is 22.2 Å². The van der Waals surface area contributed by atoms with Gasteiger partial charge >= 0.3 is 0 Å². The minimum Gasteiger partial charge on any atom is -0.491 e. The second kappa shape index (κ2) is 10.2. The summed E-state index contributed by atoms with van der Waals surface area (Å²) < 4.78 is 12.2. The first-order chi connectivity index (χ1) is 15.8. The van der Waals surface area contributed by atoms with Gasteiger partial charge in [0.2, 0.25) is 5.91 Å². The average molecular weight is 467 g/mol. The lowest BCUT2D eigenvalue weighted by molar-refractivity contribution is -0.123. The maximum absolute atomic E-state index is 13.2. The molecule has 2 amide bonds. The normalized spacial score (nSPS) is 21.6. The van der Waals surface area contributed by atoms with Crippen LogP contribution in [0.3, 0.4) is 0 Å². The molecule has 182 valence electrons. The molecule has 1 atom stereocenters. The lowest BCUT2D eigenvalue weighted by Crippen LogP contribution is -2.35. The zero-order chi connectivity index (χ0) is 23.6. The van der Waals surface area contributed by atoms with E-state index in [1.54, 1.807) is 17.2 Å². The van der Waals surface area contributed by atoms with Gasteiger partial charge in [0, 0.05) is 56.4 Å². The maximum atomic E-state index is 13.2. The van der Waals surface area contributed by atoms with Crippen LogP contribution in [0.5, 0.6) is 11.5 Å². The lowest BCUT2D eigenvalue weighted by Gasteiger charge is -2.23. The van der Waals surface area contributed by atoms with Crippen molar-refractivity contribution in [3.05, 3.63) is 54.0 Å². The fourth-order valence-electron chi connectivity index (χ4n) is 4.23. The zero-order valence-electron chi connectivity index (χ0n) is 19.3. The molecule has 0 saturated carbocycles. The molecule has 3 heterocycles. The van der Waals surface area contributed by atoms with Crippen LogP contribution in [-0.4, -0.2) is 48.7 Å². The third-order valence-corrected chi connectivity index (χ3v) is 5.85. The molecule has 0 aromatic heterocycles. The molecule has 0 radical (unpaired) electrons. The zero-order valence-corrected chi connectivity index (χ0v) is 19.3. The lowest BCUT2D eigenvalue weighted by atomic mass is 9.98. The molecular formula is C26H34N4O4. The van der Waals surface area contributed by atoms with E-state index in [1.807, 2.05) is 39.2 Å². The van der Waals surface area contributed by atoms with E-state index >= 15 is 0 Å². The number of rotatable bonds is 6. The Morgan fingerprint density at radius 2 is 2.24 bits per heavy atom. The van der Waals surface area contributed by atoms with Crippen LogP contribution in [0.2, 0.25) is 0 Å². The van der Waals surface area contributed by atoms with E-state index in [0.717, 1.165) is 24.2 Å². The van der Waals surface area contributed by atoms with Crippen molar-refractivity contribution in [3.63, 3.8) is 0 Å². The van der Waals surface area contributed by atoms with Crippen LogP contribution >= 0.6 is 0 Å². The number of hydrogen-bond acceptors (Lipinski definition) is 6. The van der Waals surface area contributed by atoms with Crippen molar-refractivity contribution in [1.82, 2.24) is 10.2 Å². The van der Waals surface area contributed by atoms with Crippen molar-refractivity contribution in [3.8, 4) is 11.5 Å². The molecule has 1 fully saturated rings. The van der Waals surface area contributed by atoms with Gasteiger partial charge in [-0.05, 0) is 32.4 Å². The molecule has 1 aromatic rings. The fraction of sp³-hybridized carbons (Fsp3) is 0.423. The summed E-state index contributed by atoms with van der Waals surface area (Å²) in [6.45, 7) is 8.88. The Hall–Kier alpha value is -3.55. The monoisotopic (exact) mass is 466 g/mol. The van der Waals surface area contributed by atoms with Crippen molar-refractivity contribution >= 4 is 23.7 Å². The van der Waals surface area contributed by atoms with Crippen molar-refractivity contribution < 1.29 is 19.1 Å². The predicted molar refractivity (Wildman–Crippen MR) is 134 cm³/mol. The van der Waals surface area contributed by atoms with Crippen LogP contribution in [0.4, 0.5) is 5.69 Å². The first-order valence-corrected chi connectivity index (χ1v) is 11.1. The Labute approximate surface area is 201 Å². The third kappa shape index (κ3) is 5.50. The van der Waals surface area contributed by atoms with Crippen molar-refractivity contribution in [2.45, 2.75) is 46.1 Å². The van der Waals surface area contributed by atoms with Gasteiger partial charge in [0.05, 0.1) is 17.9 Å². The fourth-order valence-corrected chi connectivity index (χ4v) is 4.23. The Kier molecular flexibility index (Phi) is 7.49. The van der Waals surface area contributed by atoms with Gasteiger partial charge < -0.3 is 25.0 Å². The van der Waals surface area contributed by atoms with E-state index in [1.165, 1.54) is 6.08 Å². The predicted octanol–water partition coefficient (Wildman–Crippen LogP) is 3.81. The van der Waals surface area contributed by atoms with E-state index < -0.39 is 0 Å². The van der Waals surface area contributed by atoms with Gasteiger partial charge in [-0.25, -0.2) is 4.99 Å². The van der Waals surface area contributed by atoms with Crippen LogP contribution < -0.4 is 20.1 Å². The van der Waals surface area contributed by atoms with E-state index in [0.29, 0.717) is 42.4 Å². The number of piperidine rings is 1. The highest BCUT2D eigenvalue weighted by Crippen LogP contribution is 2.41. The highest BCUT2D eigenvalue weighted by molar-refractivity contribution is 6.07. The highest BCUT2D eigenvalue weighted by Gasteiger charge is 2.32. The molecule has 1 aromatic carbocycles. The number of ether oxygens (including phenoxy) is 2. The number of aliphatic imine (C=N–C) groups is 1. The van der Waals surface area contributed by atoms with Gasteiger partial charge in [-0.2, -0.15) is 0 Å². The number of nitrogens with one attached hydrogen (secondary N) is 2. The molecule has 0 aliphatic carbocycles. The molecule has 1 saturated heterocycles. The number of hydrogen-bond donors (Lipinski definition) is 2. The summed E-state index contributed by atoms with van der Waals surface area (Å²) in [7, 11) is 1.82. The summed E-state index contributed by atoms with van der Waals surface area (Å²) >= 11 is 0. The number of fused-ring (bicyclic) bond motifs is 1. The smallest absolute Gasteiger partial charge is 0.259 e. The summed E-state index contributed by atoms with van der Waals surface area (Å²) in [4.78, 5) is 31.0. The summed E-state index contributed by atoms with van der Waals surface area (Å²) in [5.41, 5.74) is 1.58. The molecule has 8 nitrogen and oxygen atoms in total. The number of nitrogens with zero attached hydrogens (tertiary/aromatic N) is 2. The van der Waals surface area contributed by atoms with Gasteiger partial charge in [-0.15, -0.1) is 0 Å². The molecule has 2 N–H and O–H groups in total. The standard InChI is InChI=1S/C25H30N4O4.CH4/c1-5-18(23-27-8-6-10-29(23)4)24(31)28-19-12-17-14-25(2,3)33-20(17)13-21(19)32-15-16-7-9-26-22(30)11-16;/h5-6,8,10,12-13,16H,1,7,9,11,14-15H2,2-4H3,(H,26,30)(H,28,31);1H4/b23-18+;. The Morgan fingerprint density at radius 3 is 2.94 bits per heavy atom. The highest BCUT2D eigenvalue weighted by atomic mass is 16.5. The Bertz CT molecular complexity index is 1070. The summed E-state index contributed by atoms with van der Waals surface area (Å²) in [5.74, 6) is 1.59. The number of carbonyl (C=O) groups excluding carboxylic acids is 2. The quantitative estimate of drug-likeness (QED) is 0.622. The van der Waals surface area contributed by atoms with Crippen LogP contribution in [0.25, 0.3) is 0 Å². The van der Waals surface area contributed by atoms with Gasteiger partial charge in [0.1, 0.15) is 22.9 Å². The van der Waals surface area contributed by atoms with E-state index in [-0.39, 0.29) is 30.8 Å². The number of benzene rings is 1. The average Bonchev–Trinajstić information content (AvgIpc) is 3.06. The first kappa shape index (κ1) is 25.1. The number of carbonyl (C=O) groups is 2. The minimum absolute atomic E-state index is 0. The molecule has 1 unspecified atom stereocenters. The number of anilines is 1. The van der Waals surface area contributed by atoms with Crippen LogP contribution in [0.15, 0.2) is 53.5 Å². The van der Waals surface area contributed by atoms with E-state index in [4.69, 9.17) is 9.47 Å². The van der Waals surface area contributed by atoms with Crippen molar-refractivity contribution in [1.29, 1.82) is 0 Å². The molecule has 3 aliphatic rings. The Balaban J connectivity index is 0.00000324. The summed E-state index contributed by atoms with van der Waals surface area (Å²) in [6.07, 6.45) is 8.76. The first-order valence-electron chi connectivity index (χ1n) is 11.1. The maximum Gasteiger partial charge on any atom is 0.259 e. The molecule has 4 rings (SSSR count). The van der Waals surface area contributed by atoms with Crippen LogP contribution in [0.1, 0.15) is 39.7 Å². The molecule has 0 bridgehead atoms.